The Morgan fingerprint density at radius 1 is 1.19 bits per heavy atom. The molecule has 1 heterocycles. The zero-order valence-electron chi connectivity index (χ0n) is 11.1. The number of nitrogens with zero attached hydrogens (tertiary/aromatic N) is 2. The van der Waals surface area contributed by atoms with Gasteiger partial charge in [-0.25, -0.2) is 13.4 Å². The third kappa shape index (κ3) is 3.43. The van der Waals surface area contributed by atoms with E-state index >= 15 is 0 Å². The van der Waals surface area contributed by atoms with Crippen LogP contribution in [0.4, 0.5) is 5.82 Å². The SMILES string of the molecule is CC(=O)c1ccc(S(=O)(=O)Nc2ccc(C#N)cn2)cc1. The van der Waals surface area contributed by atoms with Gasteiger partial charge in [0.1, 0.15) is 11.9 Å². The van der Waals surface area contributed by atoms with E-state index in [1.165, 1.54) is 49.5 Å². The fourth-order valence-electron chi connectivity index (χ4n) is 1.59. The minimum Gasteiger partial charge on any atom is -0.295 e. The van der Waals surface area contributed by atoms with Crippen LogP contribution >= 0.6 is 0 Å². The van der Waals surface area contributed by atoms with Crippen molar-refractivity contribution in [2.24, 2.45) is 0 Å². The largest absolute Gasteiger partial charge is 0.295 e. The van der Waals surface area contributed by atoms with Crippen LogP contribution < -0.4 is 4.72 Å². The quantitative estimate of drug-likeness (QED) is 0.870. The molecule has 0 fully saturated rings. The zero-order valence-corrected chi connectivity index (χ0v) is 11.9. The van der Waals surface area contributed by atoms with Gasteiger partial charge in [-0.2, -0.15) is 5.26 Å². The molecule has 0 unspecified atom stereocenters. The van der Waals surface area contributed by atoms with Gasteiger partial charge in [0.05, 0.1) is 10.5 Å². The number of Topliss-reactive ketones (excluding diaryl/α,β-unsaturated/α-hetero) is 1. The molecule has 2 rings (SSSR count). The molecule has 0 amide bonds. The summed E-state index contributed by atoms with van der Waals surface area (Å²) in [7, 11) is -3.78. The second-order valence-electron chi connectivity index (χ2n) is 4.23. The summed E-state index contributed by atoms with van der Waals surface area (Å²) in [6.45, 7) is 1.41. The number of rotatable bonds is 4. The van der Waals surface area contributed by atoms with Crippen molar-refractivity contribution in [1.29, 1.82) is 5.26 Å². The molecule has 21 heavy (non-hydrogen) atoms. The number of nitrogens with one attached hydrogen (secondary N) is 1. The summed E-state index contributed by atoms with van der Waals surface area (Å²) in [5, 5.41) is 8.65. The lowest BCUT2D eigenvalue weighted by atomic mass is 10.2. The summed E-state index contributed by atoms with van der Waals surface area (Å²) in [4.78, 5) is 15.0. The van der Waals surface area contributed by atoms with E-state index in [4.69, 9.17) is 5.26 Å². The highest BCUT2D eigenvalue weighted by Gasteiger charge is 2.15. The van der Waals surface area contributed by atoms with Crippen molar-refractivity contribution >= 4 is 21.6 Å². The Labute approximate surface area is 122 Å². The van der Waals surface area contributed by atoms with Gasteiger partial charge in [-0.1, -0.05) is 12.1 Å². The van der Waals surface area contributed by atoms with E-state index in [9.17, 15) is 13.2 Å². The van der Waals surface area contributed by atoms with Gasteiger partial charge in [0.2, 0.25) is 0 Å². The Morgan fingerprint density at radius 3 is 2.33 bits per heavy atom. The normalized spacial score (nSPS) is 10.7. The van der Waals surface area contributed by atoms with E-state index in [1.54, 1.807) is 0 Å². The van der Waals surface area contributed by atoms with Gasteiger partial charge in [-0.05, 0) is 31.2 Å². The number of hydrogen-bond acceptors (Lipinski definition) is 5. The molecule has 0 saturated heterocycles. The first-order valence-electron chi connectivity index (χ1n) is 5.92. The second kappa shape index (κ2) is 5.73. The predicted octanol–water partition coefficient (Wildman–Crippen LogP) is 1.96. The standard InChI is InChI=1S/C14H11N3O3S/c1-10(18)12-3-5-13(6-4-12)21(19,20)17-14-7-2-11(8-15)9-16-14/h2-7,9H,1H3,(H,16,17). The molecule has 6 nitrogen and oxygen atoms in total. The third-order valence-electron chi connectivity index (χ3n) is 2.70. The average Bonchev–Trinajstić information content (AvgIpc) is 2.48. The maximum Gasteiger partial charge on any atom is 0.263 e. The zero-order chi connectivity index (χ0) is 15.5. The molecule has 1 aromatic heterocycles. The van der Waals surface area contributed by atoms with Crippen LogP contribution in [0.5, 0.6) is 0 Å². The summed E-state index contributed by atoms with van der Waals surface area (Å²) >= 11 is 0. The van der Waals surface area contributed by atoms with Crippen molar-refractivity contribution in [3.05, 3.63) is 53.7 Å². The molecule has 106 valence electrons. The molecule has 0 aliphatic carbocycles. The topological polar surface area (TPSA) is 99.9 Å². The molecule has 0 atom stereocenters. The van der Waals surface area contributed by atoms with Gasteiger partial charge >= 0.3 is 0 Å². The lowest BCUT2D eigenvalue weighted by Gasteiger charge is -2.07. The molecular weight excluding hydrogens is 290 g/mol. The van der Waals surface area contributed by atoms with Crippen LogP contribution in [0.25, 0.3) is 0 Å². The van der Waals surface area contributed by atoms with Crippen LogP contribution in [-0.2, 0) is 10.0 Å². The van der Waals surface area contributed by atoms with E-state index in [-0.39, 0.29) is 16.5 Å². The molecule has 1 N–H and O–H groups in total. The van der Waals surface area contributed by atoms with Crippen molar-refractivity contribution in [2.75, 3.05) is 4.72 Å². The van der Waals surface area contributed by atoms with Gasteiger partial charge < -0.3 is 0 Å². The number of carbonyl (C=O) groups is 1. The number of nitriles is 1. The first-order valence-corrected chi connectivity index (χ1v) is 7.41. The van der Waals surface area contributed by atoms with Crippen LogP contribution in [0.3, 0.4) is 0 Å². The molecule has 0 aliphatic heterocycles. The molecule has 2 aromatic rings. The number of sulfonamides is 1. The number of aromatic nitrogens is 1. The molecule has 0 saturated carbocycles. The van der Waals surface area contributed by atoms with E-state index in [2.05, 4.69) is 9.71 Å². The molecule has 0 aliphatic rings. The van der Waals surface area contributed by atoms with Gasteiger partial charge in [0.25, 0.3) is 10.0 Å². The lowest BCUT2D eigenvalue weighted by Crippen LogP contribution is -2.14. The number of hydrogen-bond donors (Lipinski definition) is 1. The Morgan fingerprint density at radius 2 is 1.86 bits per heavy atom. The predicted molar refractivity (Wildman–Crippen MR) is 76.2 cm³/mol. The summed E-state index contributed by atoms with van der Waals surface area (Å²) in [5.41, 5.74) is 0.772. The second-order valence-corrected chi connectivity index (χ2v) is 5.91. The van der Waals surface area contributed by atoms with E-state index in [0.717, 1.165) is 0 Å². The van der Waals surface area contributed by atoms with Crippen molar-refractivity contribution in [3.8, 4) is 6.07 Å². The van der Waals surface area contributed by atoms with Gasteiger partial charge in [-0.3, -0.25) is 9.52 Å². The summed E-state index contributed by atoms with van der Waals surface area (Å²) < 4.78 is 26.6. The maximum atomic E-state index is 12.1. The monoisotopic (exact) mass is 301 g/mol. The highest BCUT2D eigenvalue weighted by Crippen LogP contribution is 2.15. The summed E-state index contributed by atoms with van der Waals surface area (Å²) in [5.74, 6) is -0.0229. The summed E-state index contributed by atoms with van der Waals surface area (Å²) in [6, 6.07) is 10.4. The molecular formula is C14H11N3O3S. The van der Waals surface area contributed by atoms with E-state index in [0.29, 0.717) is 11.1 Å². The van der Waals surface area contributed by atoms with Crippen LogP contribution in [-0.4, -0.2) is 19.2 Å². The van der Waals surface area contributed by atoms with Crippen molar-refractivity contribution < 1.29 is 13.2 Å². The smallest absolute Gasteiger partial charge is 0.263 e. The highest BCUT2D eigenvalue weighted by atomic mass is 32.2. The van der Waals surface area contributed by atoms with Gasteiger partial charge in [0, 0.05) is 11.8 Å². The lowest BCUT2D eigenvalue weighted by molar-refractivity contribution is 0.101. The Hall–Kier alpha value is -2.72. The fraction of sp³-hybridized carbons (Fsp3) is 0.0714. The number of pyridine rings is 1. The van der Waals surface area contributed by atoms with E-state index in [1.807, 2.05) is 6.07 Å². The number of ketones is 1. The third-order valence-corrected chi connectivity index (χ3v) is 4.07. The van der Waals surface area contributed by atoms with E-state index < -0.39 is 10.0 Å². The molecule has 0 spiro atoms. The molecule has 1 aromatic carbocycles. The van der Waals surface area contributed by atoms with Gasteiger partial charge in [0.15, 0.2) is 5.78 Å². The fourth-order valence-corrected chi connectivity index (χ4v) is 2.59. The highest BCUT2D eigenvalue weighted by molar-refractivity contribution is 7.92. The molecule has 0 bridgehead atoms. The molecule has 7 heteroatoms. The maximum absolute atomic E-state index is 12.1. The first kappa shape index (κ1) is 14.7. The Kier molecular flexibility index (Phi) is 4.00. The van der Waals surface area contributed by atoms with Crippen LogP contribution in [0.1, 0.15) is 22.8 Å². The number of carbonyl (C=O) groups excluding carboxylic acids is 1. The van der Waals surface area contributed by atoms with Crippen molar-refractivity contribution in [2.45, 2.75) is 11.8 Å². The molecule has 0 radical (unpaired) electrons. The van der Waals surface area contributed by atoms with Crippen molar-refractivity contribution in [1.82, 2.24) is 4.98 Å². The Bertz CT molecular complexity index is 804. The average molecular weight is 301 g/mol. The van der Waals surface area contributed by atoms with Crippen LogP contribution in [0, 0.1) is 11.3 Å². The minimum absolute atomic E-state index is 0.0265. The van der Waals surface area contributed by atoms with Crippen molar-refractivity contribution in [3.63, 3.8) is 0 Å². The van der Waals surface area contributed by atoms with Crippen LogP contribution in [0.15, 0.2) is 47.5 Å². The van der Waals surface area contributed by atoms with Gasteiger partial charge in [-0.15, -0.1) is 0 Å². The number of benzene rings is 1. The minimum atomic E-state index is -3.78. The first-order chi connectivity index (χ1) is 9.92. The van der Waals surface area contributed by atoms with Crippen LogP contribution in [0.2, 0.25) is 0 Å². The summed E-state index contributed by atoms with van der Waals surface area (Å²) in [6.07, 6.45) is 1.27. The Balaban J connectivity index is 2.25. The number of anilines is 1.